The first kappa shape index (κ1) is 21.2. The smallest absolute Gasteiger partial charge is 0.265 e. The van der Waals surface area contributed by atoms with E-state index in [0.29, 0.717) is 12.1 Å². The van der Waals surface area contributed by atoms with E-state index in [1.54, 1.807) is 12.1 Å². The molecule has 2 aromatic carbocycles. The molecule has 136 valence electrons. The molecule has 2 aromatic rings. The molecule has 0 aromatic heterocycles. The molecule has 0 aliphatic carbocycles. The van der Waals surface area contributed by atoms with Crippen LogP contribution in [0.4, 0.5) is 4.39 Å². The van der Waals surface area contributed by atoms with Crippen molar-refractivity contribution in [1.82, 2.24) is 10.6 Å². The third kappa shape index (κ3) is 6.20. The van der Waals surface area contributed by atoms with E-state index in [9.17, 15) is 9.18 Å². The number of rotatable bonds is 7. The number of amides is 1. The molecule has 25 heavy (non-hydrogen) atoms. The molecule has 1 amide bonds. The summed E-state index contributed by atoms with van der Waals surface area (Å²) < 4.78 is 19.0. The standard InChI is InChI=1S/C18H20ClFN2O2.ClH/c1-12(21-2)11-22-18(23)17(13-6-4-3-5-7-13)24-16-9-8-14(20)10-15(16)19;/h3-10,12,17,21H,11H2,1-2H3,(H,22,23);1H. The molecule has 0 aliphatic rings. The molecule has 2 atom stereocenters. The molecule has 2 unspecified atom stereocenters. The lowest BCUT2D eigenvalue weighted by molar-refractivity contribution is -0.128. The van der Waals surface area contributed by atoms with Gasteiger partial charge in [-0.05, 0) is 32.2 Å². The van der Waals surface area contributed by atoms with Crippen LogP contribution in [0.2, 0.25) is 5.02 Å². The number of nitrogens with one attached hydrogen (secondary N) is 2. The maximum Gasteiger partial charge on any atom is 0.265 e. The monoisotopic (exact) mass is 386 g/mol. The Bertz CT molecular complexity index is 686. The van der Waals surface area contributed by atoms with Crippen LogP contribution in [-0.2, 0) is 4.79 Å². The highest BCUT2D eigenvalue weighted by Gasteiger charge is 2.23. The summed E-state index contributed by atoms with van der Waals surface area (Å²) in [6.07, 6.45) is -0.877. The first-order chi connectivity index (χ1) is 11.5. The van der Waals surface area contributed by atoms with E-state index in [0.717, 1.165) is 6.07 Å². The Morgan fingerprint density at radius 1 is 1.24 bits per heavy atom. The summed E-state index contributed by atoms with van der Waals surface area (Å²) in [7, 11) is 1.82. The van der Waals surface area contributed by atoms with Gasteiger partial charge >= 0.3 is 0 Å². The summed E-state index contributed by atoms with van der Waals surface area (Å²) in [5.74, 6) is -0.497. The van der Waals surface area contributed by atoms with Gasteiger partial charge in [0, 0.05) is 18.2 Å². The van der Waals surface area contributed by atoms with Gasteiger partial charge in [0.2, 0.25) is 6.10 Å². The largest absolute Gasteiger partial charge is 0.474 e. The number of halogens is 3. The topological polar surface area (TPSA) is 50.4 Å². The van der Waals surface area contributed by atoms with Crippen molar-refractivity contribution in [3.8, 4) is 5.75 Å². The number of benzene rings is 2. The second-order valence-electron chi connectivity index (χ2n) is 5.42. The van der Waals surface area contributed by atoms with Crippen LogP contribution < -0.4 is 15.4 Å². The second-order valence-corrected chi connectivity index (χ2v) is 5.83. The van der Waals surface area contributed by atoms with Gasteiger partial charge in [-0.2, -0.15) is 0 Å². The molecule has 0 heterocycles. The molecular formula is C18H21Cl2FN2O2. The molecule has 7 heteroatoms. The Morgan fingerprint density at radius 2 is 1.92 bits per heavy atom. The Labute approximate surface area is 158 Å². The zero-order chi connectivity index (χ0) is 17.5. The Kier molecular flexibility index (Phi) is 8.69. The Hall–Kier alpha value is -1.82. The van der Waals surface area contributed by atoms with E-state index in [1.165, 1.54) is 12.1 Å². The predicted octanol–water partition coefficient (Wildman–Crippen LogP) is 3.75. The molecule has 0 aliphatic heterocycles. The Balaban J connectivity index is 0.00000312. The number of hydrogen-bond acceptors (Lipinski definition) is 3. The van der Waals surface area contributed by atoms with Gasteiger partial charge in [-0.3, -0.25) is 4.79 Å². The van der Waals surface area contributed by atoms with Crippen molar-refractivity contribution >= 4 is 29.9 Å². The van der Waals surface area contributed by atoms with Gasteiger partial charge in [-0.15, -0.1) is 12.4 Å². The number of ether oxygens (including phenoxy) is 1. The lowest BCUT2D eigenvalue weighted by atomic mass is 10.1. The van der Waals surface area contributed by atoms with Gasteiger partial charge in [0.05, 0.1) is 5.02 Å². The van der Waals surface area contributed by atoms with Crippen LogP contribution in [0.5, 0.6) is 5.75 Å². The Morgan fingerprint density at radius 3 is 2.52 bits per heavy atom. The molecule has 4 nitrogen and oxygen atoms in total. The van der Waals surface area contributed by atoms with E-state index in [4.69, 9.17) is 16.3 Å². The zero-order valence-corrected chi connectivity index (χ0v) is 15.5. The zero-order valence-electron chi connectivity index (χ0n) is 14.0. The van der Waals surface area contributed by atoms with Crippen LogP contribution >= 0.6 is 24.0 Å². The van der Waals surface area contributed by atoms with Crippen LogP contribution in [0.3, 0.4) is 0 Å². The van der Waals surface area contributed by atoms with Crippen molar-refractivity contribution in [2.45, 2.75) is 19.1 Å². The van der Waals surface area contributed by atoms with Crippen molar-refractivity contribution in [3.63, 3.8) is 0 Å². The summed E-state index contributed by atoms with van der Waals surface area (Å²) in [6.45, 7) is 2.41. The van der Waals surface area contributed by atoms with Crippen molar-refractivity contribution < 1.29 is 13.9 Å². The van der Waals surface area contributed by atoms with Crippen molar-refractivity contribution in [2.75, 3.05) is 13.6 Å². The van der Waals surface area contributed by atoms with Crippen LogP contribution in [0.25, 0.3) is 0 Å². The normalized spacial score (nSPS) is 12.6. The maximum atomic E-state index is 13.2. The molecule has 2 N–H and O–H groups in total. The minimum absolute atomic E-state index is 0. The molecule has 0 spiro atoms. The maximum absolute atomic E-state index is 13.2. The fourth-order valence-electron chi connectivity index (χ4n) is 2.05. The fourth-order valence-corrected chi connectivity index (χ4v) is 2.26. The molecule has 0 bridgehead atoms. The summed E-state index contributed by atoms with van der Waals surface area (Å²) in [4.78, 5) is 12.6. The minimum Gasteiger partial charge on any atom is -0.474 e. The molecular weight excluding hydrogens is 366 g/mol. The lowest BCUT2D eigenvalue weighted by Gasteiger charge is -2.21. The SMILES string of the molecule is CNC(C)CNC(=O)C(Oc1ccc(F)cc1Cl)c1ccccc1.Cl. The summed E-state index contributed by atoms with van der Waals surface area (Å²) in [5.41, 5.74) is 0.688. The van der Waals surface area contributed by atoms with Crippen LogP contribution in [0.15, 0.2) is 48.5 Å². The van der Waals surface area contributed by atoms with Gasteiger partial charge in [0.15, 0.2) is 0 Å². The van der Waals surface area contributed by atoms with Crippen LogP contribution in [-0.4, -0.2) is 25.5 Å². The first-order valence-electron chi connectivity index (χ1n) is 7.63. The van der Waals surface area contributed by atoms with E-state index in [2.05, 4.69) is 10.6 Å². The molecule has 0 saturated carbocycles. The van der Waals surface area contributed by atoms with E-state index >= 15 is 0 Å². The molecule has 0 saturated heterocycles. The summed E-state index contributed by atoms with van der Waals surface area (Å²) in [6, 6.07) is 13.0. The van der Waals surface area contributed by atoms with Gasteiger partial charge < -0.3 is 15.4 Å². The average Bonchev–Trinajstić information content (AvgIpc) is 2.59. The lowest BCUT2D eigenvalue weighted by Crippen LogP contribution is -2.40. The highest BCUT2D eigenvalue weighted by Crippen LogP contribution is 2.29. The summed E-state index contributed by atoms with van der Waals surface area (Å²) in [5, 5.41) is 6.00. The van der Waals surface area contributed by atoms with Crippen molar-refractivity contribution in [3.05, 3.63) is 64.9 Å². The average molecular weight is 387 g/mol. The molecule has 2 rings (SSSR count). The predicted molar refractivity (Wildman–Crippen MR) is 100 cm³/mol. The third-order valence-electron chi connectivity index (χ3n) is 3.55. The van der Waals surface area contributed by atoms with E-state index in [-0.39, 0.29) is 35.1 Å². The highest BCUT2D eigenvalue weighted by atomic mass is 35.5. The van der Waals surface area contributed by atoms with Gasteiger partial charge in [-0.25, -0.2) is 4.39 Å². The van der Waals surface area contributed by atoms with Crippen molar-refractivity contribution in [1.29, 1.82) is 0 Å². The first-order valence-corrected chi connectivity index (χ1v) is 8.00. The summed E-state index contributed by atoms with van der Waals surface area (Å²) >= 11 is 6.01. The van der Waals surface area contributed by atoms with E-state index in [1.807, 2.05) is 32.2 Å². The molecule has 0 fully saturated rings. The van der Waals surface area contributed by atoms with Crippen molar-refractivity contribution in [2.24, 2.45) is 0 Å². The number of likely N-dealkylation sites (N-methyl/N-ethyl adjacent to an activating group) is 1. The molecule has 0 radical (unpaired) electrons. The number of carbonyl (C=O) groups is 1. The quantitative estimate of drug-likeness (QED) is 0.761. The minimum atomic E-state index is -0.877. The fraction of sp³-hybridized carbons (Fsp3) is 0.278. The number of carbonyl (C=O) groups excluding carboxylic acids is 1. The number of hydrogen-bond donors (Lipinski definition) is 2. The second kappa shape index (κ2) is 10.2. The van der Waals surface area contributed by atoms with Gasteiger partial charge in [-0.1, -0.05) is 41.9 Å². The van der Waals surface area contributed by atoms with Crippen LogP contribution in [0, 0.1) is 5.82 Å². The van der Waals surface area contributed by atoms with E-state index < -0.39 is 11.9 Å². The van der Waals surface area contributed by atoms with Gasteiger partial charge in [0.1, 0.15) is 11.6 Å². The highest BCUT2D eigenvalue weighted by molar-refractivity contribution is 6.32. The van der Waals surface area contributed by atoms with Gasteiger partial charge in [0.25, 0.3) is 5.91 Å². The van der Waals surface area contributed by atoms with Crippen LogP contribution in [0.1, 0.15) is 18.6 Å². The third-order valence-corrected chi connectivity index (χ3v) is 3.85.